The highest BCUT2D eigenvalue weighted by atomic mass is 32.1. The summed E-state index contributed by atoms with van der Waals surface area (Å²) in [7, 11) is 0. The van der Waals surface area contributed by atoms with E-state index in [0.717, 1.165) is 122 Å². The third-order valence-corrected chi connectivity index (χ3v) is 27.0. The highest BCUT2D eigenvalue weighted by molar-refractivity contribution is 7.19. The molecule has 129 heavy (non-hydrogen) atoms. The monoisotopic (exact) mass is 1760 g/mol. The van der Waals surface area contributed by atoms with E-state index in [4.69, 9.17) is 58.8 Å². The second-order valence-corrected chi connectivity index (χ2v) is 36.2. The molecule has 0 amide bonds. The van der Waals surface area contributed by atoms with Gasteiger partial charge in [-0.25, -0.2) is 19.9 Å². The van der Waals surface area contributed by atoms with Crippen LogP contribution < -0.4 is 40.2 Å². The molecule has 0 aliphatic heterocycles. The Labute approximate surface area is 752 Å². The van der Waals surface area contributed by atoms with Crippen molar-refractivity contribution < 1.29 is 18.9 Å². The fourth-order valence-corrected chi connectivity index (χ4v) is 19.9. The third-order valence-electron chi connectivity index (χ3n) is 22.3. The minimum absolute atomic E-state index is 0.464. The SMILES string of the molecule is Cc1cc(Oc2cc3ncccc3c(Nc3ccc4nc(C5CC5)sc4c3)n2)c2ccccc2n1.c1ccc2c(Oc3cc4ncccc4c(Nc4ccc5nc(C6CC6)sc5c4)n3)ccnc2c1.c1cnc2cc(Oc3ccncc3)nc(Nc3ccc4nc(C5CC5)sc4c3)c2c1.c1cncc(Oc2cc3ncccc3c(Nc3ccc4nc(C5CC5)sc4c3)n2)c1. The number of rotatable bonds is 20. The summed E-state index contributed by atoms with van der Waals surface area (Å²) in [6.07, 6.45) is 25.7. The number of anilines is 8. The van der Waals surface area contributed by atoms with Gasteiger partial charge in [-0.1, -0.05) is 24.3 Å². The molecule has 26 rings (SSSR count). The average molecular weight is 1760 g/mol. The quantitative estimate of drug-likeness (QED) is 0.0551. The van der Waals surface area contributed by atoms with E-state index in [0.29, 0.717) is 87.7 Å². The molecule has 28 heteroatoms. The molecule has 0 atom stereocenters. The van der Waals surface area contributed by atoms with Gasteiger partial charge in [-0.05, 0) is 234 Å². The Balaban J connectivity index is 0.0000000984. The molecule has 24 nitrogen and oxygen atoms in total. The number of para-hydroxylation sites is 2. The van der Waals surface area contributed by atoms with Crippen molar-refractivity contribution in [2.24, 2.45) is 0 Å². The van der Waals surface area contributed by atoms with Crippen molar-refractivity contribution in [1.29, 1.82) is 0 Å². The molecular weight excluding hydrogens is 1690 g/mol. The van der Waals surface area contributed by atoms with Gasteiger partial charge in [-0.3, -0.25) is 39.9 Å². The molecular formula is C101H74N20O4S4. The van der Waals surface area contributed by atoms with Crippen LogP contribution in [0.4, 0.5) is 46.0 Å². The van der Waals surface area contributed by atoms with Crippen molar-refractivity contribution in [1.82, 2.24) is 79.7 Å². The van der Waals surface area contributed by atoms with E-state index in [-0.39, 0.29) is 0 Å². The van der Waals surface area contributed by atoms with E-state index in [1.54, 1.807) is 113 Å². The number of aryl methyl sites for hydroxylation is 1. The highest BCUT2D eigenvalue weighted by Crippen LogP contribution is 2.49. The highest BCUT2D eigenvalue weighted by Gasteiger charge is 2.31. The van der Waals surface area contributed by atoms with Crippen LogP contribution in [0.2, 0.25) is 0 Å². The molecule has 22 aromatic rings. The van der Waals surface area contributed by atoms with Crippen molar-refractivity contribution in [3.63, 3.8) is 0 Å². The van der Waals surface area contributed by atoms with Gasteiger partial charge in [0.05, 0.1) is 100 Å². The number of nitrogens with zero attached hydrogens (tertiary/aromatic N) is 16. The molecule has 4 fully saturated rings. The first-order valence-electron chi connectivity index (χ1n) is 42.6. The van der Waals surface area contributed by atoms with Gasteiger partial charge in [0.25, 0.3) is 0 Å². The third kappa shape index (κ3) is 17.5. The molecule has 6 aromatic carbocycles. The van der Waals surface area contributed by atoms with Gasteiger partial charge in [-0.2, -0.15) is 19.9 Å². The Bertz CT molecular complexity index is 7810. The van der Waals surface area contributed by atoms with Crippen LogP contribution in [0.25, 0.3) is 106 Å². The Morgan fingerprint density at radius 2 is 0.605 bits per heavy atom. The zero-order valence-corrected chi connectivity index (χ0v) is 72.3. The number of fused-ring (bicyclic) bond motifs is 10. The van der Waals surface area contributed by atoms with Crippen LogP contribution >= 0.6 is 45.3 Å². The normalized spacial score (nSPS) is 13.6. The summed E-state index contributed by atoms with van der Waals surface area (Å²) in [5, 5.41) is 24.5. The van der Waals surface area contributed by atoms with Gasteiger partial charge >= 0.3 is 0 Å². The van der Waals surface area contributed by atoms with Gasteiger partial charge in [0, 0.05) is 164 Å². The smallest absolute Gasteiger partial charge is 0.223 e. The number of hydrogen-bond acceptors (Lipinski definition) is 28. The van der Waals surface area contributed by atoms with Crippen molar-refractivity contribution >= 4 is 198 Å². The zero-order valence-electron chi connectivity index (χ0n) is 69.0. The lowest BCUT2D eigenvalue weighted by molar-refractivity contribution is 0.462. The summed E-state index contributed by atoms with van der Waals surface area (Å²) in [6, 6.07) is 75.1. The van der Waals surface area contributed by atoms with Gasteiger partial charge in [0.2, 0.25) is 23.5 Å². The first-order valence-corrected chi connectivity index (χ1v) is 45.8. The molecule has 4 N–H and O–H groups in total. The topological polar surface area (TPSA) is 291 Å². The van der Waals surface area contributed by atoms with Crippen LogP contribution in [0.3, 0.4) is 0 Å². The van der Waals surface area contributed by atoms with E-state index in [1.165, 1.54) is 90.2 Å². The number of aromatic nitrogens is 16. The van der Waals surface area contributed by atoms with Crippen molar-refractivity contribution in [3.8, 4) is 46.5 Å². The molecule has 0 unspecified atom stereocenters. The number of benzene rings is 6. The molecule has 4 aliphatic carbocycles. The summed E-state index contributed by atoms with van der Waals surface area (Å²) in [6.45, 7) is 1.96. The predicted molar refractivity (Wildman–Crippen MR) is 515 cm³/mol. The second kappa shape index (κ2) is 34.2. The van der Waals surface area contributed by atoms with Crippen LogP contribution in [-0.2, 0) is 0 Å². The largest absolute Gasteiger partial charge is 0.439 e. The standard InChI is InChI=1S/C28H21N5OS.C27H19N5OS.2C23H17N5OS/c1-16-13-24(19-5-2-3-7-21(19)30-16)34-26-15-23-20(6-4-12-29-23)27(33-26)31-18-10-11-22-25(14-18)35-28(32-22)17-8-9-17;1-2-6-20-18(4-1)23(11-13-29-20)33-25-15-22-19(5-3-12-28-22)26(32-25)30-17-9-10-21-24(14-17)34-27(31-21)16-7-8-16;1-3-16(13-24-9-1)29-21-12-19-17(4-2-10-25-19)22(28-21)26-15-7-8-18-20(11-15)30-23(27-18)14-5-6-14;1-2-17-19(25-9-1)13-21(29-16-7-10-24-11-8-16)28-22(17)26-15-5-6-18-20(12-15)30-23(27-18)14-3-4-14/h2-7,10-15,17H,8-9H2,1H3,(H,31,33);1-6,9-16H,7-8H2,(H,30,32);1-4,7-14H,5-6H2,(H,26,28);1-2,5-14H,3-4H2,(H,26,28). The van der Waals surface area contributed by atoms with Gasteiger partial charge in [0.15, 0.2) is 0 Å². The number of ether oxygens (including phenoxy) is 4. The number of nitrogens with one attached hydrogen (secondary N) is 4. The van der Waals surface area contributed by atoms with Crippen molar-refractivity contribution in [2.45, 2.75) is 82.0 Å². The maximum Gasteiger partial charge on any atom is 0.223 e. The van der Waals surface area contributed by atoms with Gasteiger partial charge in [-0.15, -0.1) is 45.3 Å². The lowest BCUT2D eigenvalue weighted by Gasteiger charge is -2.13. The van der Waals surface area contributed by atoms with Crippen LogP contribution in [0.1, 0.15) is 101 Å². The maximum absolute atomic E-state index is 6.33. The lowest BCUT2D eigenvalue weighted by Crippen LogP contribution is -1.99. The minimum atomic E-state index is 0.464. The van der Waals surface area contributed by atoms with Gasteiger partial charge in [0.1, 0.15) is 46.3 Å². The van der Waals surface area contributed by atoms with Gasteiger partial charge < -0.3 is 40.2 Å². The van der Waals surface area contributed by atoms with Crippen LogP contribution in [0.15, 0.2) is 286 Å². The van der Waals surface area contributed by atoms with Crippen LogP contribution in [0, 0.1) is 6.92 Å². The summed E-state index contributed by atoms with van der Waals surface area (Å²) in [5.74, 6) is 10.1. The molecule has 16 heterocycles. The summed E-state index contributed by atoms with van der Waals surface area (Å²) >= 11 is 7.15. The fraction of sp³-hybridized carbons (Fsp3) is 0.129. The van der Waals surface area contributed by atoms with Crippen molar-refractivity contribution in [2.75, 3.05) is 21.3 Å². The number of pyridine rings is 12. The van der Waals surface area contributed by atoms with Crippen LogP contribution in [-0.4, -0.2) is 79.7 Å². The van der Waals surface area contributed by atoms with Crippen molar-refractivity contribution in [3.05, 3.63) is 312 Å². The number of thiazole rings is 4. The summed E-state index contributed by atoms with van der Waals surface area (Å²) in [4.78, 5) is 73.4. The first-order chi connectivity index (χ1) is 63.6. The molecule has 4 saturated carbocycles. The zero-order chi connectivity index (χ0) is 85.7. The van der Waals surface area contributed by atoms with E-state index >= 15 is 0 Å². The summed E-state index contributed by atoms with van der Waals surface area (Å²) in [5.41, 5.74) is 14.0. The lowest BCUT2D eigenvalue weighted by atomic mass is 10.2. The van der Waals surface area contributed by atoms with E-state index in [9.17, 15) is 0 Å². The average Bonchev–Trinajstić information content (AvgIpc) is 1.70. The predicted octanol–water partition coefficient (Wildman–Crippen LogP) is 26.8. The molecule has 626 valence electrons. The Kier molecular flexibility index (Phi) is 20.8. The number of hydrogen-bond donors (Lipinski definition) is 4. The molecule has 0 spiro atoms. The Morgan fingerprint density at radius 1 is 0.256 bits per heavy atom. The second-order valence-electron chi connectivity index (χ2n) is 31.9. The van der Waals surface area contributed by atoms with E-state index < -0.39 is 0 Å². The van der Waals surface area contributed by atoms with Crippen LogP contribution in [0.5, 0.6) is 46.5 Å². The van der Waals surface area contributed by atoms with E-state index in [1.807, 2.05) is 171 Å². The molecule has 0 radical (unpaired) electrons. The molecule has 0 bridgehead atoms. The Hall–Kier alpha value is -15.4. The summed E-state index contributed by atoms with van der Waals surface area (Å²) < 4.78 is 29.2. The molecule has 16 aromatic heterocycles. The minimum Gasteiger partial charge on any atom is -0.439 e. The Morgan fingerprint density at radius 3 is 1.00 bits per heavy atom. The first kappa shape index (κ1) is 78.4. The fourth-order valence-electron chi connectivity index (χ4n) is 15.2. The molecule has 4 aliphatic rings. The maximum atomic E-state index is 6.33. The van der Waals surface area contributed by atoms with E-state index in [2.05, 4.69) is 116 Å². The molecule has 0 saturated heterocycles.